The first-order chi connectivity index (χ1) is 8.49. The molecule has 1 rings (SSSR count). The smallest absolute Gasteiger partial charge is 0.261 e. The Morgan fingerprint density at radius 2 is 2.06 bits per heavy atom. The van der Waals surface area contributed by atoms with E-state index in [9.17, 15) is 9.90 Å². The molecule has 0 aliphatic heterocycles. The van der Waals surface area contributed by atoms with Crippen molar-refractivity contribution in [1.29, 1.82) is 0 Å². The van der Waals surface area contributed by atoms with Crippen LogP contribution in [0.25, 0.3) is 0 Å². The Hall–Kier alpha value is 0.0900. The minimum Gasteiger partial charge on any atom is -0.391 e. The standard InChI is InChI=1S/C12H17Br2NO2S/c1-3-7(4-2)9(16)6-15-12(17)10-5-8(13)11(14)18-10/h5,7,9,16H,3-4,6H2,1-2H3,(H,15,17). The average Bonchev–Trinajstić information content (AvgIpc) is 2.68. The molecule has 18 heavy (non-hydrogen) atoms. The van der Waals surface area contributed by atoms with Crippen molar-refractivity contribution in [3.63, 3.8) is 0 Å². The van der Waals surface area contributed by atoms with E-state index in [2.05, 4.69) is 37.2 Å². The van der Waals surface area contributed by atoms with E-state index in [1.807, 2.05) is 13.8 Å². The molecule has 6 heteroatoms. The summed E-state index contributed by atoms with van der Waals surface area (Å²) in [6, 6.07) is 1.77. The molecular weight excluding hydrogens is 382 g/mol. The SMILES string of the molecule is CCC(CC)C(O)CNC(=O)c1cc(Br)c(Br)s1. The minimum atomic E-state index is -0.476. The Balaban J connectivity index is 2.51. The Bertz CT molecular complexity index is 385. The van der Waals surface area contributed by atoms with Crippen LogP contribution >= 0.6 is 43.2 Å². The Kier molecular flexibility index (Phi) is 6.84. The molecule has 1 aromatic rings. The molecule has 0 saturated carbocycles. The van der Waals surface area contributed by atoms with Crippen LogP contribution in [0.5, 0.6) is 0 Å². The second kappa shape index (κ2) is 7.62. The van der Waals surface area contributed by atoms with Gasteiger partial charge in [-0.15, -0.1) is 11.3 Å². The number of amides is 1. The number of aliphatic hydroxyl groups excluding tert-OH is 1. The van der Waals surface area contributed by atoms with Crippen LogP contribution in [0, 0.1) is 5.92 Å². The van der Waals surface area contributed by atoms with Gasteiger partial charge in [-0.2, -0.15) is 0 Å². The molecule has 0 spiro atoms. The fourth-order valence-electron chi connectivity index (χ4n) is 1.74. The number of nitrogens with one attached hydrogen (secondary N) is 1. The number of halogens is 2. The molecule has 0 aliphatic rings. The summed E-state index contributed by atoms with van der Waals surface area (Å²) in [4.78, 5) is 12.5. The van der Waals surface area contributed by atoms with E-state index in [0.29, 0.717) is 11.4 Å². The molecule has 1 aromatic heterocycles. The molecule has 0 aromatic carbocycles. The Labute approximate surface area is 128 Å². The summed E-state index contributed by atoms with van der Waals surface area (Å²) in [5.74, 6) is 0.100. The normalized spacial score (nSPS) is 12.8. The van der Waals surface area contributed by atoms with Gasteiger partial charge in [-0.3, -0.25) is 4.79 Å². The zero-order chi connectivity index (χ0) is 13.7. The third-order valence-electron chi connectivity index (χ3n) is 2.93. The van der Waals surface area contributed by atoms with Crippen LogP contribution in [-0.4, -0.2) is 23.7 Å². The first-order valence-electron chi connectivity index (χ1n) is 5.90. The average molecular weight is 399 g/mol. The fraction of sp³-hybridized carbons (Fsp3) is 0.583. The molecular formula is C12H17Br2NO2S. The van der Waals surface area contributed by atoms with Crippen LogP contribution in [0.2, 0.25) is 0 Å². The van der Waals surface area contributed by atoms with E-state index >= 15 is 0 Å². The zero-order valence-electron chi connectivity index (χ0n) is 10.4. The van der Waals surface area contributed by atoms with Gasteiger partial charge in [0.05, 0.1) is 14.8 Å². The Morgan fingerprint density at radius 1 is 1.44 bits per heavy atom. The maximum Gasteiger partial charge on any atom is 0.261 e. The molecule has 0 fully saturated rings. The third-order valence-corrected chi connectivity index (χ3v) is 6.19. The van der Waals surface area contributed by atoms with Gasteiger partial charge in [-0.1, -0.05) is 26.7 Å². The van der Waals surface area contributed by atoms with E-state index in [1.54, 1.807) is 6.07 Å². The summed E-state index contributed by atoms with van der Waals surface area (Å²) < 4.78 is 1.77. The van der Waals surface area contributed by atoms with Crippen LogP contribution in [0.3, 0.4) is 0 Å². The summed E-state index contributed by atoms with van der Waals surface area (Å²) in [6.45, 7) is 4.40. The second-order valence-electron chi connectivity index (χ2n) is 4.09. The number of carbonyl (C=O) groups excluding carboxylic acids is 1. The van der Waals surface area contributed by atoms with Crippen molar-refractivity contribution in [3.8, 4) is 0 Å². The molecule has 1 unspecified atom stereocenters. The summed E-state index contributed by atoms with van der Waals surface area (Å²) in [5, 5.41) is 12.7. The van der Waals surface area contributed by atoms with Gasteiger partial charge in [-0.25, -0.2) is 0 Å². The quantitative estimate of drug-likeness (QED) is 0.765. The van der Waals surface area contributed by atoms with Crippen molar-refractivity contribution in [1.82, 2.24) is 5.32 Å². The van der Waals surface area contributed by atoms with Gasteiger partial charge < -0.3 is 10.4 Å². The first kappa shape index (κ1) is 16.1. The van der Waals surface area contributed by atoms with Crippen molar-refractivity contribution >= 4 is 49.1 Å². The summed E-state index contributed by atoms with van der Waals surface area (Å²) in [5.41, 5.74) is 0. The van der Waals surface area contributed by atoms with Gasteiger partial charge in [0, 0.05) is 11.0 Å². The van der Waals surface area contributed by atoms with Gasteiger partial charge in [0.2, 0.25) is 0 Å². The lowest BCUT2D eigenvalue weighted by Gasteiger charge is -2.20. The van der Waals surface area contributed by atoms with Crippen molar-refractivity contribution in [3.05, 3.63) is 19.2 Å². The zero-order valence-corrected chi connectivity index (χ0v) is 14.4. The molecule has 1 heterocycles. The van der Waals surface area contributed by atoms with E-state index in [4.69, 9.17) is 0 Å². The van der Waals surface area contributed by atoms with Gasteiger partial charge in [0.1, 0.15) is 0 Å². The van der Waals surface area contributed by atoms with E-state index < -0.39 is 6.10 Å². The molecule has 0 bridgehead atoms. The maximum atomic E-state index is 11.9. The van der Waals surface area contributed by atoms with Crippen LogP contribution in [-0.2, 0) is 0 Å². The topological polar surface area (TPSA) is 49.3 Å². The molecule has 1 amide bonds. The van der Waals surface area contributed by atoms with E-state index in [1.165, 1.54) is 11.3 Å². The monoisotopic (exact) mass is 397 g/mol. The second-order valence-corrected chi connectivity index (χ2v) is 7.31. The number of carbonyl (C=O) groups is 1. The molecule has 102 valence electrons. The minimum absolute atomic E-state index is 0.142. The van der Waals surface area contributed by atoms with Crippen molar-refractivity contribution in [2.45, 2.75) is 32.8 Å². The first-order valence-corrected chi connectivity index (χ1v) is 8.30. The predicted octanol–water partition coefficient (Wildman–Crippen LogP) is 3.80. The van der Waals surface area contributed by atoms with Crippen LogP contribution in [0.1, 0.15) is 36.4 Å². The van der Waals surface area contributed by atoms with Crippen molar-refractivity contribution < 1.29 is 9.90 Å². The largest absolute Gasteiger partial charge is 0.391 e. The summed E-state index contributed by atoms with van der Waals surface area (Å²) in [7, 11) is 0. The third kappa shape index (κ3) is 4.33. The number of rotatable bonds is 6. The van der Waals surface area contributed by atoms with Gasteiger partial charge in [-0.05, 0) is 43.8 Å². The van der Waals surface area contributed by atoms with Crippen LogP contribution in [0.15, 0.2) is 14.3 Å². The van der Waals surface area contributed by atoms with Gasteiger partial charge in [0.25, 0.3) is 5.91 Å². The van der Waals surface area contributed by atoms with Crippen LogP contribution < -0.4 is 5.32 Å². The van der Waals surface area contributed by atoms with Crippen LogP contribution in [0.4, 0.5) is 0 Å². The van der Waals surface area contributed by atoms with Gasteiger partial charge >= 0.3 is 0 Å². The van der Waals surface area contributed by atoms with Crippen molar-refractivity contribution in [2.24, 2.45) is 5.92 Å². The van der Waals surface area contributed by atoms with E-state index in [0.717, 1.165) is 21.1 Å². The molecule has 0 aliphatic carbocycles. The number of hydrogen-bond acceptors (Lipinski definition) is 3. The lowest BCUT2D eigenvalue weighted by Crippen LogP contribution is -2.35. The molecule has 0 radical (unpaired) electrons. The number of aliphatic hydroxyl groups is 1. The molecule has 1 atom stereocenters. The van der Waals surface area contributed by atoms with Crippen molar-refractivity contribution in [2.75, 3.05) is 6.54 Å². The lowest BCUT2D eigenvalue weighted by atomic mass is 9.96. The number of hydrogen-bond donors (Lipinski definition) is 2. The highest BCUT2D eigenvalue weighted by molar-refractivity contribution is 9.13. The lowest BCUT2D eigenvalue weighted by molar-refractivity contribution is 0.0819. The molecule has 2 N–H and O–H groups in total. The van der Waals surface area contributed by atoms with E-state index in [-0.39, 0.29) is 11.8 Å². The Morgan fingerprint density at radius 3 is 2.50 bits per heavy atom. The highest BCUT2D eigenvalue weighted by Crippen LogP contribution is 2.32. The predicted molar refractivity (Wildman–Crippen MR) is 82.1 cm³/mol. The summed E-state index contributed by atoms with van der Waals surface area (Å²) >= 11 is 8.07. The summed E-state index contributed by atoms with van der Waals surface area (Å²) in [6.07, 6.45) is 1.36. The highest BCUT2D eigenvalue weighted by atomic mass is 79.9. The highest BCUT2D eigenvalue weighted by Gasteiger charge is 2.18. The molecule has 3 nitrogen and oxygen atoms in total. The fourth-order valence-corrected chi connectivity index (χ4v) is 3.69. The maximum absolute atomic E-state index is 11.9. The van der Waals surface area contributed by atoms with Gasteiger partial charge in [0.15, 0.2) is 0 Å². The molecule has 0 saturated heterocycles. The number of thiophene rings is 1.